The van der Waals surface area contributed by atoms with Gasteiger partial charge in [-0.3, -0.25) is 0 Å². The predicted octanol–water partition coefficient (Wildman–Crippen LogP) is 6.61. The van der Waals surface area contributed by atoms with Gasteiger partial charge < -0.3 is 14.6 Å². The van der Waals surface area contributed by atoms with E-state index in [0.29, 0.717) is 23.5 Å². The summed E-state index contributed by atoms with van der Waals surface area (Å²) in [6, 6.07) is 19.9. The maximum Gasteiger partial charge on any atom is 0.157 e. The largest absolute Gasteiger partial charge is 0.396 e. The number of nitrogens with zero attached hydrogens (tertiary/aromatic N) is 1. The lowest BCUT2D eigenvalue weighted by molar-refractivity contribution is 0.167. The summed E-state index contributed by atoms with van der Waals surface area (Å²) in [6.45, 7) is 0.311. The van der Waals surface area contributed by atoms with Crippen LogP contribution in [0.4, 0.5) is 0 Å². The number of pyridine rings is 1. The molecule has 0 bridgehead atoms. The number of aromatic amines is 1. The minimum Gasteiger partial charge on any atom is -0.396 e. The minimum absolute atomic E-state index is 0.136. The second-order valence-corrected chi connectivity index (χ2v) is 10.9. The van der Waals surface area contributed by atoms with Gasteiger partial charge in [-0.1, -0.05) is 60.1 Å². The number of fused-ring (bicyclic) bond motifs is 1. The van der Waals surface area contributed by atoms with Crippen molar-refractivity contribution in [2.45, 2.75) is 37.9 Å². The van der Waals surface area contributed by atoms with Crippen molar-refractivity contribution < 1.29 is 13.9 Å². The Bertz CT molecular complexity index is 1330. The van der Waals surface area contributed by atoms with Crippen LogP contribution in [-0.4, -0.2) is 30.4 Å². The quantitative estimate of drug-likeness (QED) is 0.245. The highest BCUT2D eigenvalue weighted by molar-refractivity contribution is 7.78. The first-order valence-corrected chi connectivity index (χ1v) is 13.7. The van der Waals surface area contributed by atoms with Crippen LogP contribution in [0.5, 0.6) is 0 Å². The third-order valence-corrected chi connectivity index (χ3v) is 7.95. The van der Waals surface area contributed by atoms with Gasteiger partial charge >= 0.3 is 0 Å². The first-order valence-electron chi connectivity index (χ1n) is 12.0. The number of hydrogen-bond donors (Lipinski definition) is 3. The Morgan fingerprint density at radius 2 is 1.51 bits per heavy atom. The lowest BCUT2D eigenvalue weighted by Gasteiger charge is -2.26. The molecular formula is C28H29ClN2O3S. The fraction of sp³-hybridized carbons (Fsp3) is 0.321. The number of hydrogen-bond acceptors (Lipinski definition) is 3. The van der Waals surface area contributed by atoms with Crippen molar-refractivity contribution in [3.05, 3.63) is 76.9 Å². The van der Waals surface area contributed by atoms with Gasteiger partial charge in [-0.2, -0.15) is 0 Å². The molecule has 0 saturated heterocycles. The van der Waals surface area contributed by atoms with E-state index in [1.165, 1.54) is 5.69 Å². The predicted molar refractivity (Wildman–Crippen MR) is 143 cm³/mol. The van der Waals surface area contributed by atoms with E-state index in [4.69, 9.17) is 21.1 Å². The SMILES string of the molecule is O=S(O)Cc1ccc(-c2ccc(-c3nc4cc(CC5CCC(CO)CC5)[nH]c4cc3Cl)cc2)cc1. The summed E-state index contributed by atoms with van der Waals surface area (Å²) in [4.78, 5) is 8.38. The molecule has 2 aromatic heterocycles. The molecule has 35 heavy (non-hydrogen) atoms. The molecule has 4 aromatic rings. The molecule has 5 nitrogen and oxygen atoms in total. The van der Waals surface area contributed by atoms with Gasteiger partial charge in [-0.25, -0.2) is 9.19 Å². The normalized spacial score (nSPS) is 19.2. The van der Waals surface area contributed by atoms with Crippen molar-refractivity contribution in [1.29, 1.82) is 0 Å². The minimum atomic E-state index is -1.84. The lowest BCUT2D eigenvalue weighted by atomic mass is 9.80. The molecule has 1 aliphatic carbocycles. The summed E-state index contributed by atoms with van der Waals surface area (Å²) in [5, 5.41) is 9.99. The molecule has 1 fully saturated rings. The van der Waals surface area contributed by atoms with Crippen molar-refractivity contribution >= 4 is 33.7 Å². The van der Waals surface area contributed by atoms with E-state index in [1.54, 1.807) is 0 Å². The van der Waals surface area contributed by atoms with Gasteiger partial charge in [-0.15, -0.1) is 0 Å². The van der Waals surface area contributed by atoms with Crippen LogP contribution in [0.25, 0.3) is 33.4 Å². The first-order chi connectivity index (χ1) is 17.0. The Labute approximate surface area is 212 Å². The smallest absolute Gasteiger partial charge is 0.157 e. The van der Waals surface area contributed by atoms with Crippen LogP contribution in [0.2, 0.25) is 5.02 Å². The number of benzene rings is 2. The fourth-order valence-corrected chi connectivity index (χ4v) is 5.82. The van der Waals surface area contributed by atoms with Gasteiger partial charge in [0.15, 0.2) is 11.1 Å². The van der Waals surface area contributed by atoms with Gasteiger partial charge in [0.05, 0.1) is 27.5 Å². The van der Waals surface area contributed by atoms with E-state index in [1.807, 2.05) is 54.6 Å². The Morgan fingerprint density at radius 3 is 2.14 bits per heavy atom. The molecule has 1 saturated carbocycles. The number of aliphatic hydroxyl groups is 1. The number of rotatable bonds is 7. The average molecular weight is 509 g/mol. The van der Waals surface area contributed by atoms with Crippen molar-refractivity contribution in [1.82, 2.24) is 9.97 Å². The Kier molecular flexibility index (Phi) is 7.35. The number of nitrogens with one attached hydrogen (secondary N) is 1. The van der Waals surface area contributed by atoms with Crippen molar-refractivity contribution in [3.8, 4) is 22.4 Å². The zero-order valence-electron chi connectivity index (χ0n) is 19.4. The second-order valence-electron chi connectivity index (χ2n) is 9.56. The van der Waals surface area contributed by atoms with Gasteiger partial charge in [0.1, 0.15) is 0 Å². The van der Waals surface area contributed by atoms with Crippen LogP contribution in [-0.2, 0) is 23.3 Å². The van der Waals surface area contributed by atoms with Crippen LogP contribution < -0.4 is 0 Å². The van der Waals surface area contributed by atoms with E-state index in [2.05, 4.69) is 11.1 Å². The molecule has 0 amide bonds. The molecule has 0 spiro atoms. The molecule has 0 radical (unpaired) electrons. The topological polar surface area (TPSA) is 86.2 Å². The van der Waals surface area contributed by atoms with Crippen molar-refractivity contribution in [2.75, 3.05) is 6.61 Å². The van der Waals surface area contributed by atoms with Crippen LogP contribution in [0.3, 0.4) is 0 Å². The maximum absolute atomic E-state index is 11.0. The summed E-state index contributed by atoms with van der Waals surface area (Å²) in [5.74, 6) is 1.26. The first kappa shape index (κ1) is 24.2. The lowest BCUT2D eigenvalue weighted by Crippen LogP contribution is -2.18. The van der Waals surface area contributed by atoms with E-state index in [-0.39, 0.29) is 5.75 Å². The summed E-state index contributed by atoms with van der Waals surface area (Å²) in [7, 11) is 0. The molecule has 2 heterocycles. The zero-order valence-corrected chi connectivity index (χ0v) is 21.0. The van der Waals surface area contributed by atoms with Gasteiger partial charge in [0, 0.05) is 17.9 Å². The summed E-state index contributed by atoms with van der Waals surface area (Å²) < 4.78 is 20.1. The third kappa shape index (κ3) is 5.67. The highest BCUT2D eigenvalue weighted by Crippen LogP contribution is 2.34. The summed E-state index contributed by atoms with van der Waals surface area (Å²) >= 11 is 4.80. The van der Waals surface area contributed by atoms with E-state index in [9.17, 15) is 9.32 Å². The maximum atomic E-state index is 11.0. The molecule has 2 aromatic carbocycles. The number of halogens is 1. The standard InChI is InChI=1S/C28H29ClN2O3S/c29-25-15-27-26(14-24(30-27)13-18-1-3-19(16-32)4-2-18)31-28(25)23-11-9-22(10-12-23)21-7-5-20(6-8-21)17-35(33)34/h5-12,14-15,18-19,30,32H,1-4,13,16-17H2,(H,33,34). The van der Waals surface area contributed by atoms with Crippen LogP contribution in [0.1, 0.15) is 36.9 Å². The third-order valence-electron chi connectivity index (χ3n) is 7.08. The number of H-pyrrole nitrogens is 1. The second kappa shape index (κ2) is 10.6. The average Bonchev–Trinajstić information content (AvgIpc) is 3.25. The molecule has 1 atom stereocenters. The van der Waals surface area contributed by atoms with Crippen molar-refractivity contribution in [2.24, 2.45) is 11.8 Å². The molecule has 182 valence electrons. The molecular weight excluding hydrogens is 480 g/mol. The Hall–Kier alpha value is -2.51. The Balaban J connectivity index is 1.33. The molecule has 5 rings (SSSR count). The summed E-state index contributed by atoms with van der Waals surface area (Å²) in [5.41, 5.74) is 7.72. The highest BCUT2D eigenvalue weighted by Gasteiger charge is 2.21. The van der Waals surface area contributed by atoms with Gasteiger partial charge in [0.25, 0.3) is 0 Å². The van der Waals surface area contributed by atoms with Crippen LogP contribution >= 0.6 is 11.6 Å². The Morgan fingerprint density at radius 1 is 0.914 bits per heavy atom. The van der Waals surface area contributed by atoms with E-state index >= 15 is 0 Å². The van der Waals surface area contributed by atoms with Crippen molar-refractivity contribution in [3.63, 3.8) is 0 Å². The number of aromatic nitrogens is 2. The molecule has 3 N–H and O–H groups in total. The monoisotopic (exact) mass is 508 g/mol. The number of aliphatic hydroxyl groups excluding tert-OH is 1. The molecule has 0 aliphatic heterocycles. The summed E-state index contributed by atoms with van der Waals surface area (Å²) in [6.07, 6.45) is 5.55. The molecule has 7 heteroatoms. The van der Waals surface area contributed by atoms with E-state index in [0.717, 1.165) is 71.1 Å². The van der Waals surface area contributed by atoms with Gasteiger partial charge in [-0.05, 0) is 72.8 Å². The van der Waals surface area contributed by atoms with E-state index < -0.39 is 11.1 Å². The van der Waals surface area contributed by atoms with Gasteiger partial charge in [0.2, 0.25) is 0 Å². The van der Waals surface area contributed by atoms with Crippen LogP contribution in [0.15, 0.2) is 60.7 Å². The molecule has 1 unspecified atom stereocenters. The van der Waals surface area contributed by atoms with Crippen LogP contribution in [0, 0.1) is 11.8 Å². The fourth-order valence-electron chi connectivity index (χ4n) is 5.09. The zero-order chi connectivity index (χ0) is 24.4. The highest BCUT2D eigenvalue weighted by atomic mass is 35.5. The molecule has 1 aliphatic rings.